The van der Waals surface area contributed by atoms with Gasteiger partial charge in [-0.2, -0.15) is 0 Å². The van der Waals surface area contributed by atoms with Crippen LogP contribution in [0.1, 0.15) is 22.4 Å². The van der Waals surface area contributed by atoms with Gasteiger partial charge in [-0.05, 0) is 30.7 Å². The maximum Gasteiger partial charge on any atom is 0.138 e. The predicted molar refractivity (Wildman–Crippen MR) is 83.4 cm³/mol. The summed E-state index contributed by atoms with van der Waals surface area (Å²) < 4.78 is 5.73. The zero-order valence-electron chi connectivity index (χ0n) is 11.1. The molecule has 1 heterocycles. The van der Waals surface area contributed by atoms with Gasteiger partial charge in [0.05, 0.1) is 11.6 Å². The second kappa shape index (κ2) is 7.35. The van der Waals surface area contributed by atoms with Gasteiger partial charge in [-0.3, -0.25) is 0 Å². The number of rotatable bonds is 4. The van der Waals surface area contributed by atoms with Crippen LogP contribution in [0.2, 0.25) is 5.02 Å². The van der Waals surface area contributed by atoms with Crippen molar-refractivity contribution >= 4 is 22.9 Å². The number of aliphatic hydroxyl groups is 1. The van der Waals surface area contributed by atoms with Gasteiger partial charge in [0.15, 0.2) is 0 Å². The van der Waals surface area contributed by atoms with Crippen molar-refractivity contribution in [2.45, 2.75) is 20.0 Å². The number of halogens is 1. The van der Waals surface area contributed by atoms with E-state index in [-0.39, 0.29) is 6.61 Å². The van der Waals surface area contributed by atoms with E-state index in [2.05, 4.69) is 11.8 Å². The minimum absolute atomic E-state index is 0.0962. The molecular weight excluding hydrogens is 292 g/mol. The summed E-state index contributed by atoms with van der Waals surface area (Å²) in [6, 6.07) is 7.72. The normalized spacial score (nSPS) is 9.95. The highest BCUT2D eigenvalue weighted by Crippen LogP contribution is 2.27. The third-order valence-electron chi connectivity index (χ3n) is 2.58. The van der Waals surface area contributed by atoms with E-state index in [0.29, 0.717) is 23.8 Å². The second-order valence-electron chi connectivity index (χ2n) is 4.30. The Bertz CT molecular complexity index is 637. The first kappa shape index (κ1) is 14.9. The van der Waals surface area contributed by atoms with Crippen molar-refractivity contribution in [3.63, 3.8) is 0 Å². The molecule has 0 aliphatic rings. The number of aliphatic hydroxyl groups excluding tert-OH is 1. The van der Waals surface area contributed by atoms with Gasteiger partial charge in [-0.15, -0.1) is 11.3 Å². The Kier molecular flexibility index (Phi) is 5.49. The molecule has 2 aromatic rings. The number of aryl methyl sites for hydroxylation is 1. The molecule has 0 aliphatic heterocycles. The summed E-state index contributed by atoms with van der Waals surface area (Å²) in [5.74, 6) is 6.61. The van der Waals surface area contributed by atoms with Crippen molar-refractivity contribution < 1.29 is 9.84 Å². The van der Waals surface area contributed by atoms with Gasteiger partial charge in [-0.1, -0.05) is 29.5 Å². The summed E-state index contributed by atoms with van der Waals surface area (Å²) in [7, 11) is 0. The van der Waals surface area contributed by atoms with E-state index in [0.717, 1.165) is 16.0 Å². The lowest BCUT2D eigenvalue weighted by Gasteiger charge is -2.07. The summed E-state index contributed by atoms with van der Waals surface area (Å²) in [5, 5.41) is 11.3. The number of hydrogen-bond acceptors (Lipinski definition) is 3. The molecule has 1 N–H and O–H groups in total. The van der Waals surface area contributed by atoms with Gasteiger partial charge >= 0.3 is 0 Å². The number of hydrogen-bond donors (Lipinski definition) is 1. The van der Waals surface area contributed by atoms with Crippen LogP contribution in [0.25, 0.3) is 0 Å². The lowest BCUT2D eigenvalue weighted by atomic mass is 10.2. The predicted octanol–water partition coefficient (Wildman–Crippen LogP) is 4.02. The minimum atomic E-state index is 0.0962. The van der Waals surface area contributed by atoms with Gasteiger partial charge in [0.2, 0.25) is 0 Å². The Morgan fingerprint density at radius 3 is 3.00 bits per heavy atom. The van der Waals surface area contributed by atoms with Gasteiger partial charge in [0, 0.05) is 22.2 Å². The lowest BCUT2D eigenvalue weighted by Crippen LogP contribution is -1.94. The molecule has 0 bridgehead atoms. The van der Waals surface area contributed by atoms with Crippen molar-refractivity contribution in [3.05, 3.63) is 50.7 Å². The standard InChI is InChI=1S/C16H15ClO2S/c1-12-5-6-15(17)16(8-12)19-10-14-9-13(11-20-14)4-2-3-7-18/h5-6,8-9,11,18H,3,7,10H2,1H3. The first-order valence-corrected chi connectivity index (χ1v) is 7.51. The first-order chi connectivity index (χ1) is 9.69. The third kappa shape index (κ3) is 4.28. The van der Waals surface area contributed by atoms with Crippen LogP contribution in [0.4, 0.5) is 0 Å². The number of ether oxygens (including phenoxy) is 1. The highest BCUT2D eigenvalue weighted by molar-refractivity contribution is 7.10. The fraction of sp³-hybridized carbons (Fsp3) is 0.250. The van der Waals surface area contributed by atoms with E-state index >= 15 is 0 Å². The average molecular weight is 307 g/mol. The monoisotopic (exact) mass is 306 g/mol. The topological polar surface area (TPSA) is 29.5 Å². The fourth-order valence-electron chi connectivity index (χ4n) is 1.61. The van der Waals surface area contributed by atoms with Crippen molar-refractivity contribution in [2.24, 2.45) is 0 Å². The molecule has 0 saturated heterocycles. The molecule has 0 atom stereocenters. The molecule has 0 unspecified atom stereocenters. The van der Waals surface area contributed by atoms with Crippen molar-refractivity contribution in [2.75, 3.05) is 6.61 Å². The van der Waals surface area contributed by atoms with E-state index in [4.69, 9.17) is 21.4 Å². The molecule has 1 aromatic carbocycles. The summed E-state index contributed by atoms with van der Waals surface area (Å²) in [5.41, 5.74) is 2.07. The SMILES string of the molecule is Cc1ccc(Cl)c(OCc2cc(C#CCCO)cs2)c1. The molecule has 0 amide bonds. The van der Waals surface area contributed by atoms with Crippen LogP contribution in [-0.4, -0.2) is 11.7 Å². The average Bonchev–Trinajstić information content (AvgIpc) is 2.88. The van der Waals surface area contributed by atoms with E-state index in [1.54, 1.807) is 11.3 Å². The largest absolute Gasteiger partial charge is 0.486 e. The van der Waals surface area contributed by atoms with Gasteiger partial charge in [0.1, 0.15) is 12.4 Å². The quantitative estimate of drug-likeness (QED) is 0.864. The molecule has 20 heavy (non-hydrogen) atoms. The van der Waals surface area contributed by atoms with Crippen LogP contribution in [0.3, 0.4) is 0 Å². The molecule has 2 nitrogen and oxygen atoms in total. The van der Waals surface area contributed by atoms with Crippen molar-refractivity contribution in [1.29, 1.82) is 0 Å². The Labute approximate surface area is 128 Å². The van der Waals surface area contributed by atoms with Crippen molar-refractivity contribution in [1.82, 2.24) is 0 Å². The summed E-state index contributed by atoms with van der Waals surface area (Å²) in [6.07, 6.45) is 0.501. The summed E-state index contributed by atoms with van der Waals surface area (Å²) in [4.78, 5) is 1.09. The Morgan fingerprint density at radius 1 is 1.35 bits per heavy atom. The Balaban J connectivity index is 1.98. The summed E-state index contributed by atoms with van der Waals surface area (Å²) >= 11 is 7.69. The first-order valence-electron chi connectivity index (χ1n) is 6.25. The Hall–Kier alpha value is -1.47. The van der Waals surface area contributed by atoms with Crippen LogP contribution >= 0.6 is 22.9 Å². The number of thiophene rings is 1. The van der Waals surface area contributed by atoms with Gasteiger partial charge < -0.3 is 9.84 Å². The molecule has 0 saturated carbocycles. The summed E-state index contributed by atoms with van der Waals surface area (Å²) in [6.45, 7) is 2.58. The lowest BCUT2D eigenvalue weighted by molar-refractivity contribution is 0.305. The van der Waals surface area contributed by atoms with E-state index < -0.39 is 0 Å². The fourth-order valence-corrected chi connectivity index (χ4v) is 2.51. The van der Waals surface area contributed by atoms with Gasteiger partial charge in [0.25, 0.3) is 0 Å². The second-order valence-corrected chi connectivity index (χ2v) is 5.70. The molecule has 1 aromatic heterocycles. The highest BCUT2D eigenvalue weighted by atomic mass is 35.5. The van der Waals surface area contributed by atoms with E-state index in [9.17, 15) is 0 Å². The zero-order chi connectivity index (χ0) is 14.4. The molecule has 0 aliphatic carbocycles. The molecule has 0 spiro atoms. The van der Waals surface area contributed by atoms with E-state index in [1.807, 2.05) is 36.6 Å². The van der Waals surface area contributed by atoms with Crippen LogP contribution in [0.15, 0.2) is 29.6 Å². The van der Waals surface area contributed by atoms with Crippen LogP contribution in [-0.2, 0) is 6.61 Å². The smallest absolute Gasteiger partial charge is 0.138 e. The highest BCUT2D eigenvalue weighted by Gasteiger charge is 2.04. The van der Waals surface area contributed by atoms with Crippen LogP contribution in [0.5, 0.6) is 5.75 Å². The van der Waals surface area contributed by atoms with E-state index in [1.165, 1.54) is 0 Å². The molecule has 0 radical (unpaired) electrons. The maximum atomic E-state index is 8.68. The van der Waals surface area contributed by atoms with Gasteiger partial charge in [-0.25, -0.2) is 0 Å². The molecule has 2 rings (SSSR count). The third-order valence-corrected chi connectivity index (χ3v) is 3.80. The molecule has 104 valence electrons. The molecular formula is C16H15ClO2S. The minimum Gasteiger partial charge on any atom is -0.486 e. The molecule has 0 fully saturated rings. The maximum absolute atomic E-state index is 8.68. The number of benzene rings is 1. The van der Waals surface area contributed by atoms with Crippen molar-refractivity contribution in [3.8, 4) is 17.6 Å². The molecule has 4 heteroatoms. The zero-order valence-corrected chi connectivity index (χ0v) is 12.7. The van der Waals surface area contributed by atoms with Crippen LogP contribution < -0.4 is 4.74 Å². The Morgan fingerprint density at radius 2 is 2.20 bits per heavy atom. The van der Waals surface area contributed by atoms with Crippen LogP contribution in [0, 0.1) is 18.8 Å².